The van der Waals surface area contributed by atoms with E-state index in [1.165, 1.54) is 18.3 Å². The van der Waals surface area contributed by atoms with Gasteiger partial charge in [-0.1, -0.05) is 17.7 Å². The van der Waals surface area contributed by atoms with E-state index < -0.39 is 21.8 Å². The predicted molar refractivity (Wildman–Crippen MR) is 81.2 cm³/mol. The maximum Gasteiger partial charge on any atom is 0.282 e. The third-order valence-electron chi connectivity index (χ3n) is 3.51. The zero-order valence-electron chi connectivity index (χ0n) is 12.7. The van der Waals surface area contributed by atoms with Crippen LogP contribution in [0, 0.1) is 6.92 Å². The third kappa shape index (κ3) is 2.64. The summed E-state index contributed by atoms with van der Waals surface area (Å²) in [7, 11) is -4.12. The molecule has 22 heavy (non-hydrogen) atoms. The lowest BCUT2D eigenvalue weighted by molar-refractivity contribution is -0.143. The van der Waals surface area contributed by atoms with E-state index in [0.717, 1.165) is 5.56 Å². The first-order chi connectivity index (χ1) is 10.3. The van der Waals surface area contributed by atoms with Crippen molar-refractivity contribution in [3.63, 3.8) is 0 Å². The molecule has 2 amide bonds. The molecule has 0 aromatic heterocycles. The van der Waals surface area contributed by atoms with Crippen LogP contribution >= 0.6 is 0 Å². The molecule has 0 aliphatic carbocycles. The molecule has 118 valence electrons. The van der Waals surface area contributed by atoms with E-state index >= 15 is 0 Å². The van der Waals surface area contributed by atoms with Gasteiger partial charge in [0, 0.05) is 19.3 Å². The number of imide groups is 1. The number of benzene rings is 1. The molecule has 0 bridgehead atoms. The standard InChI is InChI=1S/C15H18N2O4S/c1-4-16(5-2)10-13-14(18)17(15(13)19)22(20,21)12-8-6-11(3)7-9-12/h6-10H,4-5H2,1-3H3. The van der Waals surface area contributed by atoms with Crippen LogP contribution in [0.2, 0.25) is 0 Å². The lowest BCUT2D eigenvalue weighted by Gasteiger charge is -2.31. The number of hydrogen-bond acceptors (Lipinski definition) is 5. The summed E-state index contributed by atoms with van der Waals surface area (Å²) in [6.45, 7) is 6.85. The zero-order chi connectivity index (χ0) is 16.5. The van der Waals surface area contributed by atoms with Gasteiger partial charge in [0.2, 0.25) is 0 Å². The molecule has 0 spiro atoms. The topological polar surface area (TPSA) is 74.8 Å². The molecule has 1 fully saturated rings. The van der Waals surface area contributed by atoms with Crippen LogP contribution in [0.15, 0.2) is 40.9 Å². The molecule has 0 radical (unpaired) electrons. The molecule has 1 aromatic carbocycles. The molecule has 1 aliphatic heterocycles. The highest BCUT2D eigenvalue weighted by Gasteiger charge is 2.49. The van der Waals surface area contributed by atoms with Crippen molar-refractivity contribution in [1.29, 1.82) is 0 Å². The summed E-state index contributed by atoms with van der Waals surface area (Å²) < 4.78 is 25.0. The highest BCUT2D eigenvalue weighted by molar-refractivity contribution is 7.90. The van der Waals surface area contributed by atoms with Crippen molar-refractivity contribution in [3.8, 4) is 0 Å². The first kappa shape index (κ1) is 16.2. The van der Waals surface area contributed by atoms with Gasteiger partial charge >= 0.3 is 0 Å². The summed E-state index contributed by atoms with van der Waals surface area (Å²) in [5.74, 6) is -1.56. The molecule has 7 heteroatoms. The molecule has 1 saturated heterocycles. The molecule has 1 aromatic rings. The van der Waals surface area contributed by atoms with E-state index in [1.54, 1.807) is 17.0 Å². The zero-order valence-corrected chi connectivity index (χ0v) is 13.6. The number of aryl methyl sites for hydroxylation is 1. The van der Waals surface area contributed by atoms with Crippen LogP contribution in [0.5, 0.6) is 0 Å². The van der Waals surface area contributed by atoms with Gasteiger partial charge in [0.05, 0.1) is 4.90 Å². The monoisotopic (exact) mass is 322 g/mol. The van der Waals surface area contributed by atoms with Gasteiger partial charge in [0.25, 0.3) is 21.8 Å². The smallest absolute Gasteiger partial charge is 0.282 e. The van der Waals surface area contributed by atoms with E-state index in [4.69, 9.17) is 0 Å². The second-order valence-electron chi connectivity index (χ2n) is 4.96. The maximum absolute atomic E-state index is 12.4. The number of β-lactam (4-membered cyclic amide) rings is 2. The van der Waals surface area contributed by atoms with Crippen molar-refractivity contribution >= 4 is 21.8 Å². The minimum atomic E-state index is -4.12. The second-order valence-corrected chi connectivity index (χ2v) is 6.74. The average molecular weight is 322 g/mol. The molecule has 1 aliphatic rings. The van der Waals surface area contributed by atoms with Gasteiger partial charge in [-0.25, -0.2) is 8.42 Å². The van der Waals surface area contributed by atoms with Gasteiger partial charge in [-0.3, -0.25) is 9.59 Å². The number of carbonyl (C=O) groups is 2. The highest BCUT2D eigenvalue weighted by atomic mass is 32.2. The Balaban J connectivity index is 2.30. The fraction of sp³-hybridized carbons (Fsp3) is 0.333. The number of hydrogen-bond donors (Lipinski definition) is 0. The molecule has 6 nitrogen and oxygen atoms in total. The van der Waals surface area contributed by atoms with Gasteiger partial charge in [0.1, 0.15) is 5.57 Å². The summed E-state index contributed by atoms with van der Waals surface area (Å²) >= 11 is 0. The predicted octanol–water partition coefficient (Wildman–Crippen LogP) is 1.28. The molecule has 1 heterocycles. The molecule has 0 atom stereocenters. The average Bonchev–Trinajstić information content (AvgIpc) is 2.48. The Morgan fingerprint density at radius 1 is 1.05 bits per heavy atom. The fourth-order valence-electron chi connectivity index (χ4n) is 2.08. The molecule has 0 N–H and O–H groups in total. The Bertz CT molecular complexity index is 713. The number of sulfonamides is 1. The first-order valence-electron chi connectivity index (χ1n) is 6.99. The van der Waals surface area contributed by atoms with Crippen LogP contribution in [0.3, 0.4) is 0 Å². The van der Waals surface area contributed by atoms with E-state index in [1.807, 2.05) is 20.8 Å². The van der Waals surface area contributed by atoms with Gasteiger partial charge in [0.15, 0.2) is 0 Å². The van der Waals surface area contributed by atoms with Gasteiger partial charge in [-0.05, 0) is 32.9 Å². The normalized spacial score (nSPS) is 14.9. The summed E-state index contributed by atoms with van der Waals surface area (Å²) in [5.41, 5.74) is 0.793. The van der Waals surface area contributed by atoms with Crippen LogP contribution in [-0.2, 0) is 19.6 Å². The quantitative estimate of drug-likeness (QED) is 0.464. The van der Waals surface area contributed by atoms with Crippen molar-refractivity contribution in [2.24, 2.45) is 0 Å². The highest BCUT2D eigenvalue weighted by Crippen LogP contribution is 2.28. The van der Waals surface area contributed by atoms with Crippen molar-refractivity contribution in [1.82, 2.24) is 9.21 Å². The fourth-order valence-corrected chi connectivity index (χ4v) is 3.41. The Morgan fingerprint density at radius 3 is 2.00 bits per heavy atom. The molecule has 2 rings (SSSR count). The largest absolute Gasteiger partial charge is 0.377 e. The number of carbonyl (C=O) groups excluding carboxylic acids is 2. The van der Waals surface area contributed by atoms with Crippen molar-refractivity contribution < 1.29 is 18.0 Å². The van der Waals surface area contributed by atoms with Crippen LogP contribution in [0.4, 0.5) is 0 Å². The summed E-state index contributed by atoms with van der Waals surface area (Å²) in [5, 5.41) is 0. The third-order valence-corrected chi connectivity index (χ3v) is 5.19. The van der Waals surface area contributed by atoms with Crippen LogP contribution in [0.25, 0.3) is 0 Å². The van der Waals surface area contributed by atoms with Crippen molar-refractivity contribution in [3.05, 3.63) is 41.6 Å². The van der Waals surface area contributed by atoms with Crippen molar-refractivity contribution in [2.45, 2.75) is 25.7 Å². The Morgan fingerprint density at radius 2 is 1.55 bits per heavy atom. The van der Waals surface area contributed by atoms with Crippen molar-refractivity contribution in [2.75, 3.05) is 13.1 Å². The van der Waals surface area contributed by atoms with Gasteiger partial charge in [-0.2, -0.15) is 4.31 Å². The maximum atomic E-state index is 12.4. The number of rotatable bonds is 5. The van der Waals surface area contributed by atoms with Crippen LogP contribution < -0.4 is 0 Å². The van der Waals surface area contributed by atoms with E-state index in [0.29, 0.717) is 17.4 Å². The Kier molecular flexibility index (Phi) is 4.37. The minimum Gasteiger partial charge on any atom is -0.377 e. The Labute approximate surface area is 130 Å². The lowest BCUT2D eigenvalue weighted by atomic mass is 10.1. The van der Waals surface area contributed by atoms with E-state index in [9.17, 15) is 18.0 Å². The van der Waals surface area contributed by atoms with E-state index in [2.05, 4.69) is 0 Å². The number of nitrogens with zero attached hydrogens (tertiary/aromatic N) is 2. The molecular weight excluding hydrogens is 304 g/mol. The minimum absolute atomic E-state index is 0.0679. The molecular formula is C15H18N2O4S. The van der Waals surface area contributed by atoms with Crippen LogP contribution in [-0.4, -0.2) is 42.5 Å². The second kappa shape index (κ2) is 5.92. The van der Waals surface area contributed by atoms with Crippen LogP contribution in [0.1, 0.15) is 19.4 Å². The molecule has 0 unspecified atom stereocenters. The summed E-state index contributed by atoms with van der Waals surface area (Å²) in [4.78, 5) is 25.8. The summed E-state index contributed by atoms with van der Waals surface area (Å²) in [6.07, 6.45) is 1.42. The van der Waals surface area contributed by atoms with E-state index in [-0.39, 0.29) is 10.5 Å². The summed E-state index contributed by atoms with van der Waals surface area (Å²) in [6, 6.07) is 6.01. The SMILES string of the molecule is CCN(C=C1C(=O)N(S(=O)(=O)c2ccc(C)cc2)C1=O)CC. The van der Waals surface area contributed by atoms with Gasteiger partial charge < -0.3 is 4.90 Å². The number of amides is 2. The first-order valence-corrected chi connectivity index (χ1v) is 8.43. The Hall–Kier alpha value is -2.15. The van der Waals surface area contributed by atoms with Gasteiger partial charge in [-0.15, -0.1) is 0 Å². The molecule has 0 saturated carbocycles. The lowest BCUT2D eigenvalue weighted by Crippen LogP contribution is -2.54.